The smallest absolute Gasteiger partial charge is 0.162 e. The van der Waals surface area contributed by atoms with E-state index < -0.39 is 36.0 Å². The molecule has 0 bridgehead atoms. The molecule has 8 heteroatoms. The average Bonchev–Trinajstić information content (AvgIpc) is 2.99. The van der Waals surface area contributed by atoms with Gasteiger partial charge < -0.3 is 25.0 Å². The maximum Gasteiger partial charge on any atom is 0.162 e. The summed E-state index contributed by atoms with van der Waals surface area (Å²) in [6, 6.07) is -0.559. The second-order valence-electron chi connectivity index (χ2n) is 5.06. The van der Waals surface area contributed by atoms with Gasteiger partial charge in [0.15, 0.2) is 5.17 Å². The number of rotatable bonds is 1. The Kier molecular flexibility index (Phi) is 3.69. The molecule has 0 spiro atoms. The molecule has 1 unspecified atom stereocenters. The fourth-order valence-electron chi connectivity index (χ4n) is 2.61. The molecule has 0 saturated carbocycles. The number of ether oxygens (including phenoxy) is 1. The van der Waals surface area contributed by atoms with Gasteiger partial charge in [0.2, 0.25) is 0 Å². The fourth-order valence-corrected chi connectivity index (χ4v) is 3.88. The topological polar surface area (TPSA) is 85.5 Å². The number of aliphatic hydroxyl groups is 3. The first-order chi connectivity index (χ1) is 9.10. The van der Waals surface area contributed by atoms with Crippen LogP contribution in [0.5, 0.6) is 0 Å². The normalized spacial score (nSPS) is 46.3. The van der Waals surface area contributed by atoms with Gasteiger partial charge in [-0.3, -0.25) is 4.99 Å². The molecule has 3 aliphatic rings. The number of thioether (sulfide) groups is 1. The predicted molar refractivity (Wildman–Crippen MR) is 67.7 cm³/mol. The van der Waals surface area contributed by atoms with E-state index in [2.05, 4.69) is 4.99 Å². The van der Waals surface area contributed by atoms with Crippen LogP contribution < -0.4 is 0 Å². The fraction of sp³-hybridized carbons (Fsp3) is 0.909. The highest BCUT2D eigenvalue weighted by Gasteiger charge is 2.49. The van der Waals surface area contributed by atoms with Crippen molar-refractivity contribution in [1.29, 1.82) is 0 Å². The van der Waals surface area contributed by atoms with E-state index in [1.54, 1.807) is 0 Å². The highest BCUT2D eigenvalue weighted by Crippen LogP contribution is 2.38. The van der Waals surface area contributed by atoms with E-state index in [4.69, 9.17) is 9.84 Å². The van der Waals surface area contributed by atoms with Crippen molar-refractivity contribution >= 4 is 16.9 Å². The third-order valence-electron chi connectivity index (χ3n) is 3.73. The lowest BCUT2D eigenvalue weighted by molar-refractivity contribution is -0.164. The van der Waals surface area contributed by atoms with Crippen LogP contribution in [-0.2, 0) is 4.74 Å². The number of likely N-dealkylation sites (tertiary alicyclic amines) is 1. The lowest BCUT2D eigenvalue weighted by atomic mass is 9.99. The van der Waals surface area contributed by atoms with Gasteiger partial charge >= 0.3 is 0 Å². The molecule has 3 heterocycles. The van der Waals surface area contributed by atoms with E-state index in [0.717, 1.165) is 0 Å². The number of aliphatic imine (C=N–C) groups is 1. The molecule has 2 fully saturated rings. The Balaban J connectivity index is 1.72. The number of hydrogen-bond donors (Lipinski definition) is 3. The Morgan fingerprint density at radius 2 is 2.21 bits per heavy atom. The molecule has 19 heavy (non-hydrogen) atoms. The van der Waals surface area contributed by atoms with Crippen molar-refractivity contribution in [3.8, 4) is 0 Å². The van der Waals surface area contributed by atoms with Gasteiger partial charge in [0.1, 0.15) is 36.0 Å². The molecule has 2 saturated heterocycles. The van der Waals surface area contributed by atoms with Crippen molar-refractivity contribution < 1.29 is 24.4 Å². The maximum atomic E-state index is 13.2. The highest BCUT2D eigenvalue weighted by atomic mass is 32.2. The van der Waals surface area contributed by atoms with Gasteiger partial charge in [-0.15, -0.1) is 0 Å². The molecule has 0 aromatic heterocycles. The number of hydrogen-bond acceptors (Lipinski definition) is 7. The van der Waals surface area contributed by atoms with Crippen LogP contribution >= 0.6 is 11.8 Å². The van der Waals surface area contributed by atoms with Gasteiger partial charge in [-0.25, -0.2) is 4.39 Å². The van der Waals surface area contributed by atoms with Crippen LogP contribution in [0.4, 0.5) is 4.39 Å². The van der Waals surface area contributed by atoms with Crippen molar-refractivity contribution in [3.63, 3.8) is 0 Å². The van der Waals surface area contributed by atoms with Crippen LogP contribution in [0.1, 0.15) is 6.42 Å². The average molecular weight is 292 g/mol. The van der Waals surface area contributed by atoms with Crippen molar-refractivity contribution in [3.05, 3.63) is 0 Å². The number of alkyl halides is 1. The summed E-state index contributed by atoms with van der Waals surface area (Å²) < 4.78 is 18.7. The Morgan fingerprint density at radius 1 is 1.42 bits per heavy atom. The van der Waals surface area contributed by atoms with Gasteiger partial charge in [-0.05, 0) is 6.42 Å². The van der Waals surface area contributed by atoms with Crippen molar-refractivity contribution in [2.24, 2.45) is 4.99 Å². The first-order valence-electron chi connectivity index (χ1n) is 6.36. The Hall–Kier alpha value is -0.410. The molecule has 3 N–H and O–H groups in total. The van der Waals surface area contributed by atoms with E-state index >= 15 is 0 Å². The van der Waals surface area contributed by atoms with Gasteiger partial charge in [-0.2, -0.15) is 0 Å². The largest absolute Gasteiger partial charge is 0.394 e. The lowest BCUT2D eigenvalue weighted by Gasteiger charge is -2.37. The van der Waals surface area contributed by atoms with Crippen LogP contribution in [0.2, 0.25) is 0 Å². The van der Waals surface area contributed by atoms with Gasteiger partial charge in [-0.1, -0.05) is 11.8 Å². The molecule has 0 amide bonds. The lowest BCUT2D eigenvalue weighted by Crippen LogP contribution is -2.55. The first kappa shape index (κ1) is 13.6. The summed E-state index contributed by atoms with van der Waals surface area (Å²) in [5, 5.41) is 29.6. The number of aliphatic hydroxyl groups excluding tert-OH is 3. The van der Waals surface area contributed by atoms with E-state index in [0.29, 0.717) is 24.7 Å². The van der Waals surface area contributed by atoms with Crippen LogP contribution in [-0.4, -0.2) is 81.0 Å². The Bertz CT molecular complexity index is 386. The number of amidine groups is 1. The third kappa shape index (κ3) is 2.36. The number of nitrogens with zero attached hydrogens (tertiary/aromatic N) is 2. The molecule has 0 aromatic carbocycles. The zero-order chi connectivity index (χ0) is 13.6. The minimum atomic E-state index is -1.15. The second-order valence-corrected chi connectivity index (χ2v) is 6.12. The van der Waals surface area contributed by atoms with Crippen LogP contribution in [0.3, 0.4) is 0 Å². The maximum absolute atomic E-state index is 13.2. The molecule has 3 rings (SSSR count). The van der Waals surface area contributed by atoms with Gasteiger partial charge in [0.05, 0.1) is 13.2 Å². The first-order valence-corrected chi connectivity index (χ1v) is 7.24. The summed E-state index contributed by atoms with van der Waals surface area (Å²) in [6.07, 6.45) is -3.37. The van der Waals surface area contributed by atoms with Crippen molar-refractivity contribution in [2.75, 3.05) is 19.7 Å². The minimum absolute atomic E-state index is 0.313. The van der Waals surface area contributed by atoms with Gasteiger partial charge in [0.25, 0.3) is 0 Å². The minimum Gasteiger partial charge on any atom is -0.394 e. The summed E-state index contributed by atoms with van der Waals surface area (Å²) in [4.78, 5) is 6.19. The molecular weight excluding hydrogens is 275 g/mol. The summed E-state index contributed by atoms with van der Waals surface area (Å²) >= 11 is 1.32. The molecule has 108 valence electrons. The molecule has 0 radical (unpaired) electrons. The summed E-state index contributed by atoms with van der Waals surface area (Å²) in [5.41, 5.74) is -0.427. The highest BCUT2D eigenvalue weighted by molar-refractivity contribution is 8.14. The van der Waals surface area contributed by atoms with E-state index in [9.17, 15) is 14.6 Å². The SMILES string of the molecule is OC[C@H]1O[C@@H]2SC(N3CCC(F)C3)=N[C@@H]2[C@@H](O)[C@@H]1O. The Labute approximate surface area is 114 Å². The summed E-state index contributed by atoms with van der Waals surface area (Å²) in [7, 11) is 0. The molecule has 0 aromatic rings. The molecular formula is C11H17FN2O4S. The number of fused-ring (bicyclic) bond motifs is 1. The van der Waals surface area contributed by atoms with Crippen LogP contribution in [0.25, 0.3) is 0 Å². The van der Waals surface area contributed by atoms with Crippen LogP contribution in [0, 0.1) is 0 Å². The molecule has 6 atom stereocenters. The number of halogens is 1. The molecule has 0 aliphatic carbocycles. The predicted octanol–water partition coefficient (Wildman–Crippen LogP) is -1.06. The van der Waals surface area contributed by atoms with E-state index in [1.165, 1.54) is 11.8 Å². The zero-order valence-electron chi connectivity index (χ0n) is 10.2. The molecule has 6 nitrogen and oxygen atoms in total. The van der Waals surface area contributed by atoms with E-state index in [1.807, 2.05) is 4.90 Å². The van der Waals surface area contributed by atoms with Gasteiger partial charge in [0, 0.05) is 6.54 Å². The monoisotopic (exact) mass is 292 g/mol. The quantitative estimate of drug-likeness (QED) is 0.571. The second kappa shape index (κ2) is 5.17. The van der Waals surface area contributed by atoms with Crippen molar-refractivity contribution in [2.45, 2.75) is 42.4 Å². The summed E-state index contributed by atoms with van der Waals surface area (Å²) in [6.45, 7) is 0.565. The molecule has 3 aliphatic heterocycles. The van der Waals surface area contributed by atoms with Crippen molar-refractivity contribution in [1.82, 2.24) is 4.90 Å². The van der Waals surface area contributed by atoms with Crippen LogP contribution in [0.15, 0.2) is 4.99 Å². The third-order valence-corrected chi connectivity index (χ3v) is 4.93. The summed E-state index contributed by atoms with van der Waals surface area (Å²) in [5.74, 6) is 0. The van der Waals surface area contributed by atoms with E-state index in [-0.39, 0.29) is 6.61 Å². The Morgan fingerprint density at radius 3 is 2.84 bits per heavy atom. The standard InChI is InChI=1S/C11H17FN2O4S/c12-5-1-2-14(3-5)11-13-7-9(17)8(16)6(4-15)18-10(7)19-11/h5-10,15-17H,1-4H2/t5?,6-,7-,8-,9-,10-/m1/s1. The zero-order valence-corrected chi connectivity index (χ0v) is 11.0.